The van der Waals surface area contributed by atoms with Crippen molar-refractivity contribution in [2.75, 3.05) is 0 Å². The van der Waals surface area contributed by atoms with Gasteiger partial charge in [-0.25, -0.2) is 0 Å². The lowest BCUT2D eigenvalue weighted by Gasteiger charge is -1.97. The highest BCUT2D eigenvalue weighted by molar-refractivity contribution is 5.93. The number of carbonyl (C=O) groups excluding carboxylic acids is 1. The van der Waals surface area contributed by atoms with E-state index in [0.29, 0.717) is 12.0 Å². The maximum atomic E-state index is 10.9. The van der Waals surface area contributed by atoms with Gasteiger partial charge in [-0.1, -0.05) is 24.3 Å². The first-order valence-electron chi connectivity index (χ1n) is 5.17. The molecule has 1 rings (SSSR count). The molecule has 0 radical (unpaired) electrons. The van der Waals surface area contributed by atoms with Crippen LogP contribution in [-0.4, -0.2) is 5.91 Å². The number of hydrogen-bond acceptors (Lipinski definition) is 2. The number of unbranched alkanes of at least 4 members (excludes halogenated alkanes) is 2. The van der Waals surface area contributed by atoms with E-state index in [0.717, 1.165) is 18.4 Å². The summed E-state index contributed by atoms with van der Waals surface area (Å²) in [5.41, 5.74) is 6.64. The number of nitrogens with two attached hydrogens (primary N) is 1. The second kappa shape index (κ2) is 6.41. The molecule has 0 aromatic heterocycles. The van der Waals surface area contributed by atoms with Crippen LogP contribution in [0.1, 0.15) is 35.2 Å². The fraction of sp³-hybridized carbons (Fsp3) is 0.231. The summed E-state index contributed by atoms with van der Waals surface area (Å²) in [6.07, 6.45) is 6.24. The maximum absolute atomic E-state index is 10.9. The van der Waals surface area contributed by atoms with Crippen LogP contribution >= 0.6 is 0 Å². The lowest BCUT2D eigenvalue weighted by Crippen LogP contribution is -2.10. The predicted molar refractivity (Wildman–Crippen MR) is 63.5 cm³/mol. The molecule has 3 heteroatoms. The molecule has 0 aliphatic heterocycles. The van der Waals surface area contributed by atoms with Crippen molar-refractivity contribution < 1.29 is 4.79 Å². The van der Waals surface area contributed by atoms with Gasteiger partial charge in [0.25, 0.3) is 0 Å². The van der Waals surface area contributed by atoms with E-state index in [2.05, 4.69) is 6.07 Å². The largest absolute Gasteiger partial charge is 0.366 e. The van der Waals surface area contributed by atoms with E-state index >= 15 is 0 Å². The van der Waals surface area contributed by atoms with Crippen molar-refractivity contribution in [1.29, 1.82) is 5.26 Å². The number of benzene rings is 1. The molecule has 0 bridgehead atoms. The van der Waals surface area contributed by atoms with Crippen molar-refractivity contribution >= 4 is 12.0 Å². The molecule has 0 atom stereocenters. The van der Waals surface area contributed by atoms with Crippen LogP contribution in [0.25, 0.3) is 6.08 Å². The van der Waals surface area contributed by atoms with Crippen LogP contribution in [0.5, 0.6) is 0 Å². The van der Waals surface area contributed by atoms with Crippen LogP contribution < -0.4 is 5.73 Å². The minimum atomic E-state index is -0.417. The van der Waals surface area contributed by atoms with Gasteiger partial charge in [0.2, 0.25) is 5.91 Å². The number of amides is 1. The smallest absolute Gasteiger partial charge is 0.248 e. The van der Waals surface area contributed by atoms with Gasteiger partial charge in [-0.3, -0.25) is 4.79 Å². The van der Waals surface area contributed by atoms with Crippen molar-refractivity contribution in [3.8, 4) is 6.07 Å². The van der Waals surface area contributed by atoms with Gasteiger partial charge in [-0.2, -0.15) is 5.26 Å². The standard InChI is InChI=1S/C13H14N2O/c14-9-4-2-1-3-6-11-7-5-8-12(10-11)13(15)16/h3,5-8,10H,1-2,4H2,(H2,15,16)/b6-3-. The van der Waals surface area contributed by atoms with Crippen LogP contribution in [0, 0.1) is 11.3 Å². The van der Waals surface area contributed by atoms with Crippen molar-refractivity contribution in [1.82, 2.24) is 0 Å². The Morgan fingerprint density at radius 2 is 2.31 bits per heavy atom. The molecule has 0 fully saturated rings. The number of carbonyl (C=O) groups is 1. The third kappa shape index (κ3) is 3.97. The molecule has 0 saturated carbocycles. The molecule has 0 spiro atoms. The number of nitriles is 1. The minimum Gasteiger partial charge on any atom is -0.366 e. The summed E-state index contributed by atoms with van der Waals surface area (Å²) in [6.45, 7) is 0. The van der Waals surface area contributed by atoms with Crippen molar-refractivity contribution in [2.24, 2.45) is 5.73 Å². The molecule has 0 unspecified atom stereocenters. The highest BCUT2D eigenvalue weighted by Crippen LogP contribution is 2.08. The summed E-state index contributed by atoms with van der Waals surface area (Å²) in [4.78, 5) is 10.9. The van der Waals surface area contributed by atoms with Gasteiger partial charge in [0.1, 0.15) is 0 Å². The van der Waals surface area contributed by atoms with Gasteiger partial charge in [0, 0.05) is 12.0 Å². The molecule has 0 aliphatic carbocycles. The molecule has 3 nitrogen and oxygen atoms in total. The van der Waals surface area contributed by atoms with Crippen LogP contribution in [0.15, 0.2) is 30.3 Å². The minimum absolute atomic E-state index is 0.417. The topological polar surface area (TPSA) is 66.9 Å². The number of rotatable bonds is 5. The van der Waals surface area contributed by atoms with Crippen LogP contribution in [0.2, 0.25) is 0 Å². The summed E-state index contributed by atoms with van der Waals surface area (Å²) in [5.74, 6) is -0.417. The van der Waals surface area contributed by atoms with E-state index in [1.165, 1.54) is 0 Å². The fourth-order valence-electron chi connectivity index (χ4n) is 1.31. The Bertz CT molecular complexity index is 430. The van der Waals surface area contributed by atoms with Crippen molar-refractivity contribution in [2.45, 2.75) is 19.3 Å². The SMILES string of the molecule is N#CCCC/C=C\c1cccc(C(N)=O)c1. The zero-order chi connectivity index (χ0) is 11.8. The Labute approximate surface area is 95.2 Å². The Kier molecular flexibility index (Phi) is 4.81. The van der Waals surface area contributed by atoms with E-state index in [9.17, 15) is 4.79 Å². The quantitative estimate of drug-likeness (QED) is 0.765. The molecule has 1 aromatic rings. The summed E-state index contributed by atoms with van der Waals surface area (Å²) < 4.78 is 0. The molecule has 1 aromatic carbocycles. The van der Waals surface area contributed by atoms with Gasteiger partial charge < -0.3 is 5.73 Å². The Morgan fingerprint density at radius 1 is 1.50 bits per heavy atom. The number of hydrogen-bond donors (Lipinski definition) is 1. The van der Waals surface area contributed by atoms with Crippen LogP contribution in [0.3, 0.4) is 0 Å². The molecule has 82 valence electrons. The van der Waals surface area contributed by atoms with Gasteiger partial charge in [0.05, 0.1) is 6.07 Å². The van der Waals surface area contributed by atoms with Crippen LogP contribution in [0.4, 0.5) is 0 Å². The van der Waals surface area contributed by atoms with Crippen molar-refractivity contribution in [3.63, 3.8) is 0 Å². The molecular weight excluding hydrogens is 200 g/mol. The molecular formula is C13H14N2O. The highest BCUT2D eigenvalue weighted by atomic mass is 16.1. The Balaban J connectivity index is 2.57. The maximum Gasteiger partial charge on any atom is 0.248 e. The lowest BCUT2D eigenvalue weighted by atomic mass is 10.1. The first-order valence-corrected chi connectivity index (χ1v) is 5.17. The molecule has 1 amide bonds. The summed E-state index contributed by atoms with van der Waals surface area (Å²) >= 11 is 0. The monoisotopic (exact) mass is 214 g/mol. The van der Waals surface area contributed by atoms with Gasteiger partial charge >= 0.3 is 0 Å². The van der Waals surface area contributed by atoms with E-state index in [1.54, 1.807) is 18.2 Å². The summed E-state index contributed by atoms with van der Waals surface area (Å²) in [5, 5.41) is 8.35. The Morgan fingerprint density at radius 3 is 3.00 bits per heavy atom. The fourth-order valence-corrected chi connectivity index (χ4v) is 1.31. The highest BCUT2D eigenvalue weighted by Gasteiger charge is 1.98. The van der Waals surface area contributed by atoms with E-state index < -0.39 is 5.91 Å². The zero-order valence-electron chi connectivity index (χ0n) is 9.02. The first kappa shape index (κ1) is 12.0. The van der Waals surface area contributed by atoms with E-state index in [1.807, 2.05) is 18.2 Å². The third-order valence-corrected chi connectivity index (χ3v) is 2.14. The summed E-state index contributed by atoms with van der Waals surface area (Å²) in [6, 6.07) is 9.25. The first-order chi connectivity index (χ1) is 7.74. The predicted octanol–water partition coefficient (Wildman–Crippen LogP) is 2.49. The lowest BCUT2D eigenvalue weighted by molar-refractivity contribution is 0.100. The third-order valence-electron chi connectivity index (χ3n) is 2.14. The van der Waals surface area contributed by atoms with E-state index in [4.69, 9.17) is 11.0 Å². The Hall–Kier alpha value is -2.08. The normalized spacial score (nSPS) is 10.2. The average Bonchev–Trinajstić information content (AvgIpc) is 2.29. The zero-order valence-corrected chi connectivity index (χ0v) is 9.02. The summed E-state index contributed by atoms with van der Waals surface area (Å²) in [7, 11) is 0. The van der Waals surface area contributed by atoms with E-state index in [-0.39, 0.29) is 0 Å². The number of primary amides is 1. The van der Waals surface area contributed by atoms with Gasteiger partial charge in [-0.05, 0) is 30.5 Å². The van der Waals surface area contributed by atoms with Gasteiger partial charge in [0.15, 0.2) is 0 Å². The molecule has 16 heavy (non-hydrogen) atoms. The number of nitrogens with zero attached hydrogens (tertiary/aromatic N) is 1. The second-order valence-electron chi connectivity index (χ2n) is 3.44. The number of allylic oxidation sites excluding steroid dienone is 1. The van der Waals surface area contributed by atoms with Gasteiger partial charge in [-0.15, -0.1) is 0 Å². The van der Waals surface area contributed by atoms with Crippen molar-refractivity contribution in [3.05, 3.63) is 41.5 Å². The average molecular weight is 214 g/mol. The molecule has 2 N–H and O–H groups in total. The molecule has 0 saturated heterocycles. The van der Waals surface area contributed by atoms with Crippen LogP contribution in [-0.2, 0) is 0 Å². The molecule has 0 aliphatic rings. The molecule has 0 heterocycles. The second-order valence-corrected chi connectivity index (χ2v) is 3.44.